The molecule has 9 nitrogen and oxygen atoms in total. The van der Waals surface area contributed by atoms with E-state index in [9.17, 15) is 31.9 Å². The zero-order valence-corrected chi connectivity index (χ0v) is 23.0. The van der Waals surface area contributed by atoms with Crippen molar-refractivity contribution in [2.75, 3.05) is 18.4 Å². The Morgan fingerprint density at radius 2 is 1.82 bits per heavy atom. The van der Waals surface area contributed by atoms with Gasteiger partial charge in [0.15, 0.2) is 10.9 Å². The number of anilines is 1. The SMILES string of the molecule is CC(=O)Oc1c(Cl)cc(Cl)cc1C(=O)Nc1nc(C2CCN(C(=O)Cn3nc(C(F)F)cc3C(F)F)CC2)cs1. The van der Waals surface area contributed by atoms with Crippen LogP contribution in [0.3, 0.4) is 0 Å². The number of ether oxygens (including phenoxy) is 1. The lowest BCUT2D eigenvalue weighted by atomic mass is 9.94. The van der Waals surface area contributed by atoms with Crippen molar-refractivity contribution in [1.82, 2.24) is 19.7 Å². The Morgan fingerprint density at radius 1 is 1.12 bits per heavy atom. The predicted molar refractivity (Wildman–Crippen MR) is 139 cm³/mol. The first kappa shape index (κ1) is 29.7. The summed E-state index contributed by atoms with van der Waals surface area (Å²) >= 11 is 13.3. The van der Waals surface area contributed by atoms with E-state index in [4.69, 9.17) is 27.9 Å². The number of esters is 1. The predicted octanol–water partition coefficient (Wildman–Crippen LogP) is 6.11. The summed E-state index contributed by atoms with van der Waals surface area (Å²) in [6, 6.07) is 3.25. The number of carbonyl (C=O) groups excluding carboxylic acids is 3. The van der Waals surface area contributed by atoms with Gasteiger partial charge in [0, 0.05) is 36.3 Å². The molecule has 1 aliphatic rings. The van der Waals surface area contributed by atoms with Crippen LogP contribution in [0.15, 0.2) is 23.6 Å². The average molecular weight is 622 g/mol. The van der Waals surface area contributed by atoms with Crippen LogP contribution < -0.4 is 10.1 Å². The van der Waals surface area contributed by atoms with Gasteiger partial charge in [0.05, 0.1) is 16.3 Å². The van der Waals surface area contributed by atoms with Gasteiger partial charge in [0.2, 0.25) is 5.91 Å². The summed E-state index contributed by atoms with van der Waals surface area (Å²) in [4.78, 5) is 42.9. The lowest BCUT2D eigenvalue weighted by Crippen LogP contribution is -2.40. The van der Waals surface area contributed by atoms with Crippen LogP contribution in [-0.2, 0) is 16.1 Å². The van der Waals surface area contributed by atoms with Crippen LogP contribution in [0.1, 0.15) is 66.0 Å². The van der Waals surface area contributed by atoms with Crippen molar-refractivity contribution in [3.05, 3.63) is 56.3 Å². The first-order chi connectivity index (χ1) is 18.9. The maximum absolute atomic E-state index is 13.2. The molecule has 1 aromatic carbocycles. The van der Waals surface area contributed by atoms with Crippen molar-refractivity contribution in [2.45, 2.75) is 45.1 Å². The quantitative estimate of drug-likeness (QED) is 0.185. The van der Waals surface area contributed by atoms with Crippen molar-refractivity contribution in [3.8, 4) is 5.75 Å². The van der Waals surface area contributed by atoms with E-state index in [1.54, 1.807) is 5.38 Å². The molecule has 0 unspecified atom stereocenters. The second kappa shape index (κ2) is 12.5. The van der Waals surface area contributed by atoms with E-state index in [-0.39, 0.29) is 32.4 Å². The molecule has 16 heteroatoms. The fourth-order valence-electron chi connectivity index (χ4n) is 4.19. The van der Waals surface area contributed by atoms with E-state index in [1.165, 1.54) is 35.3 Å². The molecule has 3 aromatic rings. The molecule has 4 rings (SSSR count). The maximum atomic E-state index is 13.2. The summed E-state index contributed by atoms with van der Waals surface area (Å²) in [5.41, 5.74) is -0.917. The summed E-state index contributed by atoms with van der Waals surface area (Å²) in [7, 11) is 0. The van der Waals surface area contributed by atoms with Crippen LogP contribution in [0.2, 0.25) is 10.0 Å². The molecule has 1 N–H and O–H groups in total. The minimum Gasteiger partial charge on any atom is -0.424 e. The summed E-state index contributed by atoms with van der Waals surface area (Å²) in [6.45, 7) is 1.18. The highest BCUT2D eigenvalue weighted by atomic mass is 35.5. The molecule has 0 bridgehead atoms. The Morgan fingerprint density at radius 3 is 2.45 bits per heavy atom. The van der Waals surface area contributed by atoms with Gasteiger partial charge < -0.3 is 9.64 Å². The normalized spacial score (nSPS) is 14.2. The lowest BCUT2D eigenvalue weighted by Gasteiger charge is -2.31. The number of rotatable bonds is 8. The van der Waals surface area contributed by atoms with E-state index < -0.39 is 48.6 Å². The fourth-order valence-corrected chi connectivity index (χ4v) is 5.50. The smallest absolute Gasteiger partial charge is 0.308 e. The Balaban J connectivity index is 1.37. The first-order valence-corrected chi connectivity index (χ1v) is 13.4. The van der Waals surface area contributed by atoms with Crippen molar-refractivity contribution in [2.24, 2.45) is 0 Å². The van der Waals surface area contributed by atoms with E-state index in [0.717, 1.165) is 0 Å². The van der Waals surface area contributed by atoms with E-state index in [2.05, 4.69) is 15.4 Å². The van der Waals surface area contributed by atoms with Crippen LogP contribution in [0, 0.1) is 0 Å². The number of alkyl halides is 4. The number of carbonyl (C=O) groups is 3. The number of halogens is 6. The van der Waals surface area contributed by atoms with Gasteiger partial charge in [-0.2, -0.15) is 5.10 Å². The van der Waals surface area contributed by atoms with Gasteiger partial charge >= 0.3 is 5.97 Å². The third kappa shape index (κ3) is 6.91. The zero-order valence-electron chi connectivity index (χ0n) is 20.7. The number of likely N-dealkylation sites (tertiary alicyclic amines) is 1. The number of amides is 2. The van der Waals surface area contributed by atoms with Gasteiger partial charge in [-0.05, 0) is 31.0 Å². The summed E-state index contributed by atoms with van der Waals surface area (Å²) in [6.07, 6.45) is -5.07. The second-order valence-corrected chi connectivity index (χ2v) is 10.5. The van der Waals surface area contributed by atoms with Gasteiger partial charge in [-0.25, -0.2) is 22.5 Å². The van der Waals surface area contributed by atoms with Gasteiger partial charge in [-0.15, -0.1) is 11.3 Å². The van der Waals surface area contributed by atoms with Crippen molar-refractivity contribution in [1.29, 1.82) is 0 Å². The largest absolute Gasteiger partial charge is 0.424 e. The Bertz CT molecular complexity index is 1430. The van der Waals surface area contributed by atoms with Crippen LogP contribution in [0.25, 0.3) is 0 Å². The van der Waals surface area contributed by atoms with Gasteiger partial charge in [-0.3, -0.25) is 24.4 Å². The Hall–Kier alpha value is -3.23. The molecule has 0 radical (unpaired) electrons. The van der Waals surface area contributed by atoms with Crippen molar-refractivity contribution in [3.63, 3.8) is 0 Å². The Labute approximate surface area is 239 Å². The third-order valence-electron chi connectivity index (χ3n) is 6.07. The molecule has 0 saturated carbocycles. The molecule has 1 fully saturated rings. The van der Waals surface area contributed by atoms with E-state index >= 15 is 0 Å². The molecule has 2 aromatic heterocycles. The number of thiazole rings is 1. The van der Waals surface area contributed by atoms with Gasteiger partial charge in [-0.1, -0.05) is 23.2 Å². The molecule has 1 saturated heterocycles. The third-order valence-corrected chi connectivity index (χ3v) is 7.34. The number of aromatic nitrogens is 3. The number of nitrogens with one attached hydrogen (secondary N) is 1. The zero-order chi connectivity index (χ0) is 29.1. The van der Waals surface area contributed by atoms with Crippen LogP contribution in [0.5, 0.6) is 5.75 Å². The topological polar surface area (TPSA) is 106 Å². The monoisotopic (exact) mass is 621 g/mol. The molecule has 3 heterocycles. The summed E-state index contributed by atoms with van der Waals surface area (Å²) < 4.78 is 57.9. The molecule has 0 spiro atoms. The molecule has 214 valence electrons. The van der Waals surface area contributed by atoms with E-state index in [0.29, 0.717) is 42.4 Å². The van der Waals surface area contributed by atoms with E-state index in [1.807, 2.05) is 0 Å². The van der Waals surface area contributed by atoms with Crippen molar-refractivity contribution < 1.29 is 36.7 Å². The molecular formula is C24H21Cl2F4N5O4S. The Kier molecular flexibility index (Phi) is 9.31. The first-order valence-electron chi connectivity index (χ1n) is 11.8. The molecule has 1 aliphatic heterocycles. The molecule has 0 atom stereocenters. The fraction of sp³-hybridized carbons (Fsp3) is 0.375. The average Bonchev–Trinajstić information content (AvgIpc) is 3.53. The summed E-state index contributed by atoms with van der Waals surface area (Å²) in [5.74, 6) is -2.00. The highest BCUT2D eigenvalue weighted by molar-refractivity contribution is 7.14. The number of hydrogen-bond donors (Lipinski definition) is 1. The molecule has 2 amide bonds. The van der Waals surface area contributed by atoms with Gasteiger partial charge in [0.1, 0.15) is 17.9 Å². The molecular weight excluding hydrogens is 601 g/mol. The highest BCUT2D eigenvalue weighted by Crippen LogP contribution is 2.35. The highest BCUT2D eigenvalue weighted by Gasteiger charge is 2.28. The van der Waals surface area contributed by atoms with Crippen molar-refractivity contribution >= 4 is 57.5 Å². The maximum Gasteiger partial charge on any atom is 0.308 e. The number of benzene rings is 1. The standard InChI is InChI=1S/C24H21Cl2F4N5O4S/c1-11(36)39-20-14(6-13(25)7-15(20)26)23(38)32-24-31-17(10-40-24)12-2-4-34(5-3-12)19(37)9-35-18(22(29)30)8-16(33-35)21(27)28/h6-8,10,12,21-22H,2-5,9H2,1H3,(H,31,32,38). The number of nitrogens with zero attached hydrogens (tertiary/aromatic N) is 4. The van der Waals surface area contributed by atoms with Gasteiger partial charge in [0.25, 0.3) is 18.8 Å². The van der Waals surface area contributed by atoms with Crippen LogP contribution >= 0.6 is 34.5 Å². The minimum absolute atomic E-state index is 0.0126. The number of hydrogen-bond acceptors (Lipinski definition) is 7. The summed E-state index contributed by atoms with van der Waals surface area (Å²) in [5, 5.41) is 8.29. The lowest BCUT2D eigenvalue weighted by molar-refractivity contribution is -0.133. The molecule has 40 heavy (non-hydrogen) atoms. The molecule has 0 aliphatic carbocycles. The van der Waals surface area contributed by atoms with Crippen LogP contribution in [-0.4, -0.2) is 50.5 Å². The second-order valence-electron chi connectivity index (χ2n) is 8.80. The van der Waals surface area contributed by atoms with Crippen LogP contribution in [0.4, 0.5) is 22.7 Å². The minimum atomic E-state index is -3.05. The number of piperidine rings is 1.